The molecule has 1 N–H and O–H groups in total. The number of halogens is 2. The fourth-order valence-corrected chi connectivity index (χ4v) is 3.77. The molecule has 0 spiro atoms. The van der Waals surface area contributed by atoms with Crippen molar-refractivity contribution in [2.75, 3.05) is 27.4 Å². The molecule has 2 aromatic carbocycles. The Morgan fingerprint density at radius 3 is 2.44 bits per heavy atom. The normalized spacial score (nSPS) is 13.7. The van der Waals surface area contributed by atoms with Crippen molar-refractivity contribution < 1.29 is 23.7 Å². The fourth-order valence-electron chi connectivity index (χ4n) is 2.82. The van der Waals surface area contributed by atoms with Crippen molar-refractivity contribution in [2.24, 2.45) is 0 Å². The van der Waals surface area contributed by atoms with E-state index in [-0.39, 0.29) is 11.9 Å². The van der Waals surface area contributed by atoms with Gasteiger partial charge < -0.3 is 24.3 Å². The first-order valence-corrected chi connectivity index (χ1v) is 9.43. The summed E-state index contributed by atoms with van der Waals surface area (Å²) in [6.45, 7) is 2.90. The second-order valence-corrected chi connectivity index (χ2v) is 7.17. The molecule has 0 bridgehead atoms. The monoisotopic (exact) mass is 455 g/mol. The molecule has 0 saturated heterocycles. The van der Waals surface area contributed by atoms with Crippen molar-refractivity contribution in [3.8, 4) is 23.0 Å². The molecule has 6 nitrogen and oxygen atoms in total. The summed E-state index contributed by atoms with van der Waals surface area (Å²) in [5.41, 5.74) is 1.25. The SMILES string of the molecule is COc1cc(C(=O)NC(C)c2cc3c(cc2Br)OCCO3)cc(Cl)c1OC. The van der Waals surface area contributed by atoms with Crippen LogP contribution in [0.3, 0.4) is 0 Å². The number of methoxy groups -OCH3 is 2. The number of carbonyl (C=O) groups excluding carboxylic acids is 1. The van der Waals surface area contributed by atoms with Crippen LogP contribution in [0, 0.1) is 0 Å². The van der Waals surface area contributed by atoms with Gasteiger partial charge in [-0.25, -0.2) is 0 Å². The minimum atomic E-state index is -0.285. The van der Waals surface area contributed by atoms with E-state index < -0.39 is 0 Å². The molecular formula is C19H19BrClNO5. The molecule has 1 atom stereocenters. The lowest BCUT2D eigenvalue weighted by molar-refractivity contribution is 0.0939. The minimum Gasteiger partial charge on any atom is -0.493 e. The number of rotatable bonds is 5. The Bertz CT molecular complexity index is 874. The van der Waals surface area contributed by atoms with E-state index in [4.69, 9.17) is 30.5 Å². The van der Waals surface area contributed by atoms with Gasteiger partial charge in [-0.15, -0.1) is 0 Å². The van der Waals surface area contributed by atoms with E-state index in [1.54, 1.807) is 12.1 Å². The molecule has 1 unspecified atom stereocenters. The molecule has 1 amide bonds. The molecule has 8 heteroatoms. The topological polar surface area (TPSA) is 66.0 Å². The number of nitrogens with one attached hydrogen (secondary N) is 1. The van der Waals surface area contributed by atoms with Gasteiger partial charge >= 0.3 is 0 Å². The lowest BCUT2D eigenvalue weighted by Crippen LogP contribution is -2.27. The van der Waals surface area contributed by atoms with Gasteiger partial charge in [-0.2, -0.15) is 0 Å². The highest BCUT2D eigenvalue weighted by molar-refractivity contribution is 9.10. The van der Waals surface area contributed by atoms with Gasteiger partial charge in [0, 0.05) is 10.0 Å². The van der Waals surface area contributed by atoms with E-state index in [0.717, 1.165) is 10.0 Å². The van der Waals surface area contributed by atoms with E-state index in [2.05, 4.69) is 21.2 Å². The van der Waals surface area contributed by atoms with Gasteiger partial charge in [-0.05, 0) is 36.8 Å². The highest BCUT2D eigenvalue weighted by Crippen LogP contribution is 2.38. The molecule has 0 radical (unpaired) electrons. The second kappa shape index (κ2) is 8.27. The third-order valence-corrected chi connectivity index (χ3v) is 5.14. The fraction of sp³-hybridized carbons (Fsp3) is 0.316. The zero-order valence-corrected chi connectivity index (χ0v) is 17.4. The van der Waals surface area contributed by atoms with Gasteiger partial charge in [0.1, 0.15) is 13.2 Å². The van der Waals surface area contributed by atoms with Gasteiger partial charge in [0.25, 0.3) is 5.91 Å². The maximum Gasteiger partial charge on any atom is 0.251 e. The lowest BCUT2D eigenvalue weighted by Gasteiger charge is -2.22. The number of benzene rings is 2. The van der Waals surface area contributed by atoms with Gasteiger partial charge in [0.2, 0.25) is 0 Å². The molecule has 2 aromatic rings. The Hall–Kier alpha value is -2.12. The smallest absolute Gasteiger partial charge is 0.251 e. The third-order valence-electron chi connectivity index (χ3n) is 4.17. The van der Waals surface area contributed by atoms with Crippen LogP contribution >= 0.6 is 27.5 Å². The molecule has 27 heavy (non-hydrogen) atoms. The van der Waals surface area contributed by atoms with Crippen LogP contribution in [0.15, 0.2) is 28.7 Å². The Kier molecular flexibility index (Phi) is 6.01. The quantitative estimate of drug-likeness (QED) is 0.723. The first-order chi connectivity index (χ1) is 12.9. The average molecular weight is 457 g/mol. The van der Waals surface area contributed by atoms with E-state index in [9.17, 15) is 4.79 Å². The van der Waals surface area contributed by atoms with Crippen LogP contribution in [0.1, 0.15) is 28.9 Å². The number of hydrogen-bond acceptors (Lipinski definition) is 5. The summed E-state index contributed by atoms with van der Waals surface area (Å²) < 4.78 is 22.5. The number of amides is 1. The first kappa shape index (κ1) is 19.6. The molecule has 1 aliphatic rings. The van der Waals surface area contributed by atoms with Crippen molar-refractivity contribution in [1.82, 2.24) is 5.32 Å². The zero-order chi connectivity index (χ0) is 19.6. The maximum atomic E-state index is 12.7. The van der Waals surface area contributed by atoms with E-state index in [1.807, 2.05) is 19.1 Å². The number of ether oxygens (including phenoxy) is 4. The molecule has 0 aliphatic carbocycles. The largest absolute Gasteiger partial charge is 0.493 e. The van der Waals surface area contributed by atoms with Gasteiger partial charge in [-0.3, -0.25) is 4.79 Å². The van der Waals surface area contributed by atoms with Crippen LogP contribution in [0.25, 0.3) is 0 Å². The highest BCUT2D eigenvalue weighted by Gasteiger charge is 2.21. The van der Waals surface area contributed by atoms with Gasteiger partial charge in [-0.1, -0.05) is 27.5 Å². The van der Waals surface area contributed by atoms with Gasteiger partial charge in [0.05, 0.1) is 25.3 Å². The van der Waals surface area contributed by atoms with E-state index in [1.165, 1.54) is 14.2 Å². The summed E-state index contributed by atoms with van der Waals surface area (Å²) in [5.74, 6) is 1.84. The van der Waals surface area contributed by atoms with Crippen molar-refractivity contribution in [2.45, 2.75) is 13.0 Å². The third kappa shape index (κ3) is 4.09. The Morgan fingerprint density at radius 1 is 1.15 bits per heavy atom. The molecule has 3 rings (SSSR count). The van der Waals surface area contributed by atoms with Crippen molar-refractivity contribution in [3.63, 3.8) is 0 Å². The molecule has 0 fully saturated rings. The molecule has 0 saturated carbocycles. The van der Waals surface area contributed by atoms with Crippen LogP contribution in [-0.4, -0.2) is 33.3 Å². The maximum absolute atomic E-state index is 12.7. The van der Waals surface area contributed by atoms with Crippen LogP contribution in [0.2, 0.25) is 5.02 Å². The van der Waals surface area contributed by atoms with Crippen LogP contribution in [-0.2, 0) is 0 Å². The highest BCUT2D eigenvalue weighted by atomic mass is 79.9. The summed E-state index contributed by atoms with van der Waals surface area (Å²) in [7, 11) is 2.98. The zero-order valence-electron chi connectivity index (χ0n) is 15.1. The average Bonchev–Trinajstić information content (AvgIpc) is 2.66. The van der Waals surface area contributed by atoms with E-state index in [0.29, 0.717) is 46.8 Å². The predicted molar refractivity (Wildman–Crippen MR) is 106 cm³/mol. The van der Waals surface area contributed by atoms with Gasteiger partial charge in [0.15, 0.2) is 23.0 Å². The second-order valence-electron chi connectivity index (χ2n) is 5.91. The predicted octanol–water partition coefficient (Wildman–Crippen LogP) is 4.38. The Balaban J connectivity index is 1.83. The van der Waals surface area contributed by atoms with Crippen LogP contribution < -0.4 is 24.3 Å². The number of hydrogen-bond donors (Lipinski definition) is 1. The van der Waals surface area contributed by atoms with Crippen LogP contribution in [0.5, 0.6) is 23.0 Å². The van der Waals surface area contributed by atoms with Crippen molar-refractivity contribution in [3.05, 3.63) is 44.9 Å². The number of fused-ring (bicyclic) bond motifs is 1. The van der Waals surface area contributed by atoms with Crippen molar-refractivity contribution in [1.29, 1.82) is 0 Å². The number of carbonyl (C=O) groups is 1. The summed E-state index contributed by atoms with van der Waals surface area (Å²) in [6.07, 6.45) is 0. The standard InChI is InChI=1S/C19H19BrClNO5/c1-10(12-8-15-16(9-13(12)20)27-5-4-26-15)22-19(23)11-6-14(21)18(25-3)17(7-11)24-2/h6-10H,4-5H2,1-3H3,(H,22,23). The van der Waals surface area contributed by atoms with E-state index >= 15 is 0 Å². The molecule has 0 aromatic heterocycles. The summed E-state index contributed by atoms with van der Waals surface area (Å²) in [5, 5.41) is 3.26. The van der Waals surface area contributed by atoms with Crippen LogP contribution in [0.4, 0.5) is 0 Å². The molecule has 144 valence electrons. The summed E-state index contributed by atoms with van der Waals surface area (Å²) >= 11 is 9.72. The summed E-state index contributed by atoms with van der Waals surface area (Å²) in [4.78, 5) is 12.7. The first-order valence-electron chi connectivity index (χ1n) is 8.26. The van der Waals surface area contributed by atoms with Crippen molar-refractivity contribution >= 4 is 33.4 Å². The molecule has 1 heterocycles. The Morgan fingerprint density at radius 2 is 1.81 bits per heavy atom. The Labute approximate surface area is 170 Å². The minimum absolute atomic E-state index is 0.283. The lowest BCUT2D eigenvalue weighted by atomic mass is 10.1. The summed E-state index contributed by atoms with van der Waals surface area (Å²) in [6, 6.07) is 6.56. The molecular weight excluding hydrogens is 438 g/mol. The molecule has 1 aliphatic heterocycles.